The van der Waals surface area contributed by atoms with Crippen LogP contribution in [0.25, 0.3) is 0 Å². The molecular weight excluding hydrogens is 622 g/mol. The molecule has 0 bridgehead atoms. The van der Waals surface area contributed by atoms with Gasteiger partial charge >= 0.3 is 0 Å². The van der Waals surface area contributed by atoms with Crippen molar-refractivity contribution in [3.05, 3.63) is 125 Å². The van der Waals surface area contributed by atoms with Crippen LogP contribution in [0.15, 0.2) is 108 Å². The van der Waals surface area contributed by atoms with Gasteiger partial charge in [-0.3, -0.25) is 13.9 Å². The number of aryl methyl sites for hydroxylation is 1. The summed E-state index contributed by atoms with van der Waals surface area (Å²) in [5, 5.41) is 3.42. The van der Waals surface area contributed by atoms with Crippen LogP contribution in [0.4, 0.5) is 5.69 Å². The van der Waals surface area contributed by atoms with E-state index in [4.69, 9.17) is 16.3 Å². The van der Waals surface area contributed by atoms with Crippen LogP contribution in [0, 0.1) is 12.8 Å². The van der Waals surface area contributed by atoms with Gasteiger partial charge in [-0.1, -0.05) is 91.7 Å². The number of carbonyl (C=O) groups is 2. The Bertz CT molecular complexity index is 1710. The topological polar surface area (TPSA) is 96.0 Å². The van der Waals surface area contributed by atoms with Crippen LogP contribution < -0.4 is 14.4 Å². The van der Waals surface area contributed by atoms with Crippen LogP contribution in [0.5, 0.6) is 5.75 Å². The van der Waals surface area contributed by atoms with Gasteiger partial charge in [0.05, 0.1) is 17.7 Å². The van der Waals surface area contributed by atoms with E-state index in [0.717, 1.165) is 15.4 Å². The molecule has 0 radical (unpaired) electrons. The Kier molecular flexibility index (Phi) is 11.8. The molecule has 0 spiro atoms. The summed E-state index contributed by atoms with van der Waals surface area (Å²) < 4.78 is 34.7. The van der Waals surface area contributed by atoms with E-state index < -0.39 is 28.5 Å². The molecule has 10 heteroatoms. The summed E-state index contributed by atoms with van der Waals surface area (Å²) in [6, 6.07) is 28.5. The minimum absolute atomic E-state index is 0.00780. The lowest BCUT2D eigenvalue weighted by Crippen LogP contribution is -2.53. The summed E-state index contributed by atoms with van der Waals surface area (Å²) >= 11 is 6.56. The molecule has 0 aliphatic carbocycles. The van der Waals surface area contributed by atoms with Crippen LogP contribution >= 0.6 is 11.6 Å². The third kappa shape index (κ3) is 8.89. The number of anilines is 1. The Morgan fingerprint density at radius 1 is 0.870 bits per heavy atom. The van der Waals surface area contributed by atoms with Crippen molar-refractivity contribution in [3.8, 4) is 5.75 Å². The predicted octanol–water partition coefficient (Wildman–Crippen LogP) is 6.26. The third-order valence-electron chi connectivity index (χ3n) is 7.50. The molecule has 8 nitrogen and oxygen atoms in total. The summed E-state index contributed by atoms with van der Waals surface area (Å²) in [7, 11) is -2.69. The van der Waals surface area contributed by atoms with E-state index >= 15 is 0 Å². The number of nitrogens with zero attached hydrogens (tertiary/aromatic N) is 2. The average Bonchev–Trinajstić information content (AvgIpc) is 3.05. The third-order valence-corrected chi connectivity index (χ3v) is 9.66. The van der Waals surface area contributed by atoms with E-state index in [9.17, 15) is 18.0 Å². The summed E-state index contributed by atoms with van der Waals surface area (Å²) in [4.78, 5) is 29.9. The molecular formula is C36H40ClN3O5S. The smallest absolute Gasteiger partial charge is 0.264 e. The zero-order valence-electron chi connectivity index (χ0n) is 26.5. The van der Waals surface area contributed by atoms with Crippen LogP contribution in [0.3, 0.4) is 0 Å². The van der Waals surface area contributed by atoms with Crippen molar-refractivity contribution in [1.82, 2.24) is 10.2 Å². The number of halogens is 1. The molecule has 0 fully saturated rings. The van der Waals surface area contributed by atoms with Gasteiger partial charge in [0, 0.05) is 24.5 Å². The van der Waals surface area contributed by atoms with Gasteiger partial charge in [-0.05, 0) is 66.4 Å². The quantitative estimate of drug-likeness (QED) is 0.172. The minimum atomic E-state index is -4.21. The van der Waals surface area contributed by atoms with Gasteiger partial charge in [0.2, 0.25) is 11.8 Å². The Balaban J connectivity index is 1.81. The van der Waals surface area contributed by atoms with Crippen molar-refractivity contribution in [2.24, 2.45) is 5.92 Å². The van der Waals surface area contributed by atoms with Gasteiger partial charge in [0.25, 0.3) is 10.0 Å². The van der Waals surface area contributed by atoms with E-state index in [-0.39, 0.29) is 35.4 Å². The first-order chi connectivity index (χ1) is 22.0. The van der Waals surface area contributed by atoms with Gasteiger partial charge < -0.3 is 15.0 Å². The highest BCUT2D eigenvalue weighted by molar-refractivity contribution is 7.92. The molecule has 4 aromatic carbocycles. The van der Waals surface area contributed by atoms with Crippen LogP contribution in [-0.4, -0.2) is 51.4 Å². The highest BCUT2D eigenvalue weighted by atomic mass is 35.5. The number of hydrogen-bond acceptors (Lipinski definition) is 5. The number of carbonyl (C=O) groups excluding carboxylic acids is 2. The lowest BCUT2D eigenvalue weighted by atomic mass is 10.0. The number of nitrogens with one attached hydrogen (secondary N) is 1. The van der Waals surface area contributed by atoms with Crippen molar-refractivity contribution in [3.63, 3.8) is 0 Å². The molecule has 1 N–H and O–H groups in total. The summed E-state index contributed by atoms with van der Waals surface area (Å²) in [6.45, 7) is 5.69. The van der Waals surface area contributed by atoms with E-state index in [1.54, 1.807) is 60.7 Å². The summed E-state index contributed by atoms with van der Waals surface area (Å²) in [6.07, 6.45) is 0.216. The molecule has 0 aliphatic heterocycles. The first-order valence-corrected chi connectivity index (χ1v) is 16.9. The zero-order valence-corrected chi connectivity index (χ0v) is 28.1. The lowest BCUT2D eigenvalue weighted by molar-refractivity contribution is -0.140. The van der Waals surface area contributed by atoms with Gasteiger partial charge in [-0.2, -0.15) is 0 Å². The van der Waals surface area contributed by atoms with Gasteiger partial charge in [0.15, 0.2) is 0 Å². The van der Waals surface area contributed by atoms with Gasteiger partial charge in [0.1, 0.15) is 18.3 Å². The van der Waals surface area contributed by atoms with E-state index in [1.165, 1.54) is 24.1 Å². The minimum Gasteiger partial charge on any atom is -0.497 e. The van der Waals surface area contributed by atoms with Crippen LogP contribution in [0.2, 0.25) is 5.02 Å². The number of ether oxygens (including phenoxy) is 1. The molecule has 0 saturated carbocycles. The van der Waals surface area contributed by atoms with Crippen molar-refractivity contribution in [2.45, 2.75) is 44.7 Å². The molecule has 4 aromatic rings. The molecule has 46 heavy (non-hydrogen) atoms. The van der Waals surface area contributed by atoms with Gasteiger partial charge in [-0.25, -0.2) is 8.42 Å². The van der Waals surface area contributed by atoms with Crippen molar-refractivity contribution in [2.75, 3.05) is 24.5 Å². The molecule has 4 rings (SSSR count). The summed E-state index contributed by atoms with van der Waals surface area (Å²) in [5.74, 6) is -0.186. The second-order valence-electron chi connectivity index (χ2n) is 11.5. The number of amides is 2. The van der Waals surface area contributed by atoms with Crippen LogP contribution in [-0.2, 0) is 32.6 Å². The van der Waals surface area contributed by atoms with E-state index in [2.05, 4.69) is 5.32 Å². The maximum absolute atomic E-state index is 14.5. The van der Waals surface area contributed by atoms with Crippen molar-refractivity contribution < 1.29 is 22.7 Å². The Hall–Kier alpha value is -4.34. The Morgan fingerprint density at radius 2 is 1.50 bits per heavy atom. The SMILES string of the molecule is COc1ccc(N(CC(=O)N(Cc2ccccc2Cl)[C@H](Cc2ccccc2)C(=O)NCC(C)C)S(=O)(=O)c2ccc(C)cc2)cc1. The number of methoxy groups -OCH3 is 1. The Morgan fingerprint density at radius 3 is 2.11 bits per heavy atom. The average molecular weight is 662 g/mol. The van der Waals surface area contributed by atoms with Crippen LogP contribution in [0.1, 0.15) is 30.5 Å². The van der Waals surface area contributed by atoms with E-state index in [1.807, 2.05) is 51.1 Å². The fourth-order valence-electron chi connectivity index (χ4n) is 4.90. The molecule has 2 amide bonds. The maximum Gasteiger partial charge on any atom is 0.264 e. The molecule has 0 unspecified atom stereocenters. The monoisotopic (exact) mass is 661 g/mol. The second-order valence-corrected chi connectivity index (χ2v) is 13.7. The largest absolute Gasteiger partial charge is 0.497 e. The molecule has 0 aromatic heterocycles. The standard InChI is InChI=1S/C36H40ClN3O5S/c1-26(2)23-38-36(42)34(22-28-10-6-5-7-11-28)39(24-29-12-8-9-13-33(29)37)35(41)25-40(30-16-18-31(45-4)19-17-30)46(43,44)32-20-14-27(3)15-21-32/h5-21,26,34H,22-25H2,1-4H3,(H,38,42)/t34-/m1/s1. The summed E-state index contributed by atoms with van der Waals surface area (Å²) in [5.41, 5.74) is 2.65. The van der Waals surface area contributed by atoms with Gasteiger partial charge in [-0.15, -0.1) is 0 Å². The van der Waals surface area contributed by atoms with Crippen molar-refractivity contribution in [1.29, 1.82) is 0 Å². The highest BCUT2D eigenvalue weighted by Crippen LogP contribution is 2.28. The normalized spacial score (nSPS) is 12.0. The molecule has 0 saturated heterocycles. The maximum atomic E-state index is 14.5. The number of benzene rings is 4. The fraction of sp³-hybridized carbons (Fsp3) is 0.278. The molecule has 0 aliphatic rings. The lowest BCUT2D eigenvalue weighted by Gasteiger charge is -2.34. The molecule has 242 valence electrons. The van der Waals surface area contributed by atoms with Crippen molar-refractivity contribution >= 4 is 39.1 Å². The molecule has 1 atom stereocenters. The first kappa shape index (κ1) is 34.5. The molecule has 0 heterocycles. The fourth-order valence-corrected chi connectivity index (χ4v) is 6.51. The zero-order chi connectivity index (χ0) is 33.3. The predicted molar refractivity (Wildman–Crippen MR) is 182 cm³/mol. The Labute approximate surface area is 277 Å². The highest BCUT2D eigenvalue weighted by Gasteiger charge is 2.35. The first-order valence-electron chi connectivity index (χ1n) is 15.1. The second kappa shape index (κ2) is 15.8. The number of sulfonamides is 1. The number of rotatable bonds is 14. The van der Waals surface area contributed by atoms with E-state index in [0.29, 0.717) is 22.9 Å². The number of hydrogen-bond donors (Lipinski definition) is 1.